The van der Waals surface area contributed by atoms with E-state index in [1.165, 1.54) is 11.3 Å². The number of carboxylic acids is 1. The SMILES string of the molecule is Cc1nc(CNC(=O)NC(C)CCC(=O)O)cs1. The highest BCUT2D eigenvalue weighted by molar-refractivity contribution is 7.09. The van der Waals surface area contributed by atoms with Crippen LogP contribution in [0.25, 0.3) is 0 Å². The summed E-state index contributed by atoms with van der Waals surface area (Å²) in [7, 11) is 0. The van der Waals surface area contributed by atoms with Crippen molar-refractivity contribution in [2.75, 3.05) is 0 Å². The largest absolute Gasteiger partial charge is 0.481 e. The van der Waals surface area contributed by atoms with Crippen molar-refractivity contribution in [1.82, 2.24) is 15.6 Å². The van der Waals surface area contributed by atoms with Gasteiger partial charge in [0.2, 0.25) is 0 Å². The number of hydrogen-bond acceptors (Lipinski definition) is 4. The van der Waals surface area contributed by atoms with Gasteiger partial charge in [0.15, 0.2) is 0 Å². The van der Waals surface area contributed by atoms with E-state index in [0.717, 1.165) is 10.7 Å². The first kappa shape index (κ1) is 14.4. The third-order valence-electron chi connectivity index (χ3n) is 2.27. The van der Waals surface area contributed by atoms with Gasteiger partial charge >= 0.3 is 12.0 Å². The second-order valence-corrected chi connectivity index (χ2v) is 5.08. The topological polar surface area (TPSA) is 91.3 Å². The molecule has 0 aromatic carbocycles. The minimum atomic E-state index is -0.859. The highest BCUT2D eigenvalue weighted by Gasteiger charge is 2.09. The minimum Gasteiger partial charge on any atom is -0.481 e. The van der Waals surface area contributed by atoms with E-state index in [0.29, 0.717) is 13.0 Å². The summed E-state index contributed by atoms with van der Waals surface area (Å²) >= 11 is 1.53. The van der Waals surface area contributed by atoms with Gasteiger partial charge in [-0.15, -0.1) is 11.3 Å². The molecule has 18 heavy (non-hydrogen) atoms. The van der Waals surface area contributed by atoms with E-state index in [2.05, 4.69) is 15.6 Å². The summed E-state index contributed by atoms with van der Waals surface area (Å²) in [5.41, 5.74) is 0.825. The molecule has 0 saturated carbocycles. The predicted molar refractivity (Wildman–Crippen MR) is 68.6 cm³/mol. The molecular weight excluding hydrogens is 254 g/mol. The molecule has 6 nitrogen and oxygen atoms in total. The Hall–Kier alpha value is -1.63. The zero-order chi connectivity index (χ0) is 13.5. The zero-order valence-electron chi connectivity index (χ0n) is 10.4. The second-order valence-electron chi connectivity index (χ2n) is 4.02. The third kappa shape index (κ3) is 5.62. The minimum absolute atomic E-state index is 0.0483. The van der Waals surface area contributed by atoms with E-state index in [9.17, 15) is 9.59 Å². The van der Waals surface area contributed by atoms with Crippen molar-refractivity contribution in [1.29, 1.82) is 0 Å². The van der Waals surface area contributed by atoms with Crippen LogP contribution < -0.4 is 10.6 Å². The Kier molecular flexibility index (Phi) is 5.57. The van der Waals surface area contributed by atoms with Crippen molar-refractivity contribution < 1.29 is 14.7 Å². The van der Waals surface area contributed by atoms with Crippen LogP contribution in [0.2, 0.25) is 0 Å². The molecule has 1 heterocycles. The van der Waals surface area contributed by atoms with Gasteiger partial charge in [-0.1, -0.05) is 0 Å². The molecule has 7 heteroatoms. The molecule has 0 spiro atoms. The Bertz CT molecular complexity index is 419. The molecule has 0 saturated heterocycles. The summed E-state index contributed by atoms with van der Waals surface area (Å²) in [6, 6.07) is -0.475. The van der Waals surface area contributed by atoms with Crippen LogP contribution in [0.3, 0.4) is 0 Å². The highest BCUT2D eigenvalue weighted by Crippen LogP contribution is 2.07. The van der Waals surface area contributed by atoms with Gasteiger partial charge in [0, 0.05) is 17.8 Å². The van der Waals surface area contributed by atoms with Crippen LogP contribution in [-0.2, 0) is 11.3 Å². The van der Waals surface area contributed by atoms with E-state index in [-0.39, 0.29) is 18.5 Å². The monoisotopic (exact) mass is 271 g/mol. The molecule has 3 N–H and O–H groups in total. The molecule has 1 atom stereocenters. The van der Waals surface area contributed by atoms with Crippen LogP contribution in [-0.4, -0.2) is 28.1 Å². The Labute approximate surface area is 109 Å². The van der Waals surface area contributed by atoms with E-state index < -0.39 is 5.97 Å². The molecule has 0 bridgehead atoms. The molecule has 1 rings (SSSR count). The number of aryl methyl sites for hydroxylation is 1. The molecule has 1 unspecified atom stereocenters. The maximum Gasteiger partial charge on any atom is 0.315 e. The maximum absolute atomic E-state index is 11.5. The summed E-state index contributed by atoms with van der Waals surface area (Å²) in [6.45, 7) is 4.06. The van der Waals surface area contributed by atoms with Gasteiger partial charge < -0.3 is 15.7 Å². The smallest absolute Gasteiger partial charge is 0.315 e. The highest BCUT2D eigenvalue weighted by atomic mass is 32.1. The molecule has 100 valence electrons. The lowest BCUT2D eigenvalue weighted by molar-refractivity contribution is -0.137. The van der Waals surface area contributed by atoms with Gasteiger partial charge in [-0.2, -0.15) is 0 Å². The van der Waals surface area contributed by atoms with Crippen LogP contribution in [0.1, 0.15) is 30.5 Å². The summed E-state index contributed by atoms with van der Waals surface area (Å²) in [5, 5.41) is 16.7. The van der Waals surface area contributed by atoms with Crippen LogP contribution in [0.4, 0.5) is 4.79 Å². The standard InChI is InChI=1S/C11H17N3O3S/c1-7(3-4-10(15)16)13-11(17)12-5-9-6-18-8(2)14-9/h6-7H,3-5H2,1-2H3,(H,15,16)(H2,12,13,17). The lowest BCUT2D eigenvalue weighted by Crippen LogP contribution is -2.40. The first-order valence-electron chi connectivity index (χ1n) is 5.64. The number of aliphatic carboxylic acids is 1. The summed E-state index contributed by atoms with van der Waals surface area (Å²) < 4.78 is 0. The van der Waals surface area contributed by atoms with E-state index >= 15 is 0 Å². The van der Waals surface area contributed by atoms with Crippen LogP contribution in [0.15, 0.2) is 5.38 Å². The van der Waals surface area contributed by atoms with Crippen molar-refractivity contribution in [3.63, 3.8) is 0 Å². The normalized spacial score (nSPS) is 11.9. The predicted octanol–water partition coefficient (Wildman–Crippen LogP) is 1.50. The molecule has 0 aliphatic rings. The summed E-state index contributed by atoms with van der Waals surface area (Å²) in [4.78, 5) is 26.1. The van der Waals surface area contributed by atoms with Crippen LogP contribution >= 0.6 is 11.3 Å². The van der Waals surface area contributed by atoms with Gasteiger partial charge in [-0.3, -0.25) is 4.79 Å². The molecule has 0 fully saturated rings. The number of carboxylic acid groups (broad SMARTS) is 1. The summed E-state index contributed by atoms with van der Waals surface area (Å²) in [5.74, 6) is -0.859. The Morgan fingerprint density at radius 1 is 1.56 bits per heavy atom. The van der Waals surface area contributed by atoms with Gasteiger partial charge in [-0.05, 0) is 20.3 Å². The Morgan fingerprint density at radius 3 is 2.83 bits per heavy atom. The first-order chi connectivity index (χ1) is 8.47. The zero-order valence-corrected chi connectivity index (χ0v) is 11.2. The Morgan fingerprint density at radius 2 is 2.28 bits per heavy atom. The number of nitrogens with zero attached hydrogens (tertiary/aromatic N) is 1. The number of urea groups is 1. The Balaban J connectivity index is 2.22. The lowest BCUT2D eigenvalue weighted by atomic mass is 10.2. The number of nitrogens with one attached hydrogen (secondary N) is 2. The van der Waals surface area contributed by atoms with Crippen molar-refractivity contribution in [3.8, 4) is 0 Å². The quantitative estimate of drug-likeness (QED) is 0.731. The first-order valence-corrected chi connectivity index (χ1v) is 6.52. The van der Waals surface area contributed by atoms with E-state index in [1.54, 1.807) is 6.92 Å². The number of rotatable bonds is 6. The number of thiazole rings is 1. The van der Waals surface area contributed by atoms with E-state index in [4.69, 9.17) is 5.11 Å². The number of aromatic nitrogens is 1. The van der Waals surface area contributed by atoms with Crippen molar-refractivity contribution >= 4 is 23.3 Å². The average Bonchev–Trinajstić information content (AvgIpc) is 2.70. The molecule has 1 aromatic rings. The molecule has 2 amide bonds. The van der Waals surface area contributed by atoms with Crippen molar-refractivity contribution in [3.05, 3.63) is 16.1 Å². The number of carbonyl (C=O) groups is 2. The molecular formula is C11H17N3O3S. The van der Waals surface area contributed by atoms with Crippen LogP contribution in [0.5, 0.6) is 0 Å². The average molecular weight is 271 g/mol. The number of carbonyl (C=O) groups excluding carboxylic acids is 1. The van der Waals surface area contributed by atoms with Crippen molar-refractivity contribution in [2.24, 2.45) is 0 Å². The van der Waals surface area contributed by atoms with Gasteiger partial charge in [-0.25, -0.2) is 9.78 Å². The molecule has 1 aromatic heterocycles. The van der Waals surface area contributed by atoms with Gasteiger partial charge in [0.1, 0.15) is 0 Å². The fraction of sp³-hybridized carbons (Fsp3) is 0.545. The fourth-order valence-electron chi connectivity index (χ4n) is 1.35. The van der Waals surface area contributed by atoms with E-state index in [1.807, 2.05) is 12.3 Å². The van der Waals surface area contributed by atoms with Crippen molar-refractivity contribution in [2.45, 2.75) is 39.3 Å². The number of amides is 2. The number of hydrogen-bond donors (Lipinski definition) is 3. The molecule has 0 aliphatic heterocycles. The third-order valence-corrected chi connectivity index (χ3v) is 3.09. The summed E-state index contributed by atoms with van der Waals surface area (Å²) in [6.07, 6.45) is 0.464. The maximum atomic E-state index is 11.5. The van der Waals surface area contributed by atoms with Gasteiger partial charge in [0.25, 0.3) is 0 Å². The molecule has 0 radical (unpaired) electrons. The van der Waals surface area contributed by atoms with Gasteiger partial charge in [0.05, 0.1) is 17.2 Å². The second kappa shape index (κ2) is 6.95. The lowest BCUT2D eigenvalue weighted by Gasteiger charge is -2.13. The van der Waals surface area contributed by atoms with Crippen LogP contribution in [0, 0.1) is 6.92 Å². The fourth-order valence-corrected chi connectivity index (χ4v) is 1.96. The molecule has 0 aliphatic carbocycles.